The zero-order valence-corrected chi connectivity index (χ0v) is 13.1. The first-order valence-corrected chi connectivity index (χ1v) is 7.04. The van der Waals surface area contributed by atoms with E-state index in [1.807, 2.05) is 19.1 Å². The Kier molecular flexibility index (Phi) is 3.10. The largest absolute Gasteiger partial charge is 0.454 e. The van der Waals surface area contributed by atoms with E-state index in [4.69, 9.17) is 15.2 Å². The van der Waals surface area contributed by atoms with Gasteiger partial charge in [-0.3, -0.25) is 0 Å². The van der Waals surface area contributed by atoms with E-state index < -0.39 is 0 Å². The Morgan fingerprint density at radius 3 is 2.74 bits per heavy atom. The van der Waals surface area contributed by atoms with Crippen LogP contribution in [0.1, 0.15) is 5.69 Å². The molecule has 0 saturated carbocycles. The summed E-state index contributed by atoms with van der Waals surface area (Å²) in [6, 6.07) is 3.73. The number of aromatic nitrogens is 2. The average Bonchev–Trinajstić information content (AvgIpc) is 2.84. The number of halogens is 2. The van der Waals surface area contributed by atoms with Gasteiger partial charge in [0.1, 0.15) is 5.82 Å². The number of anilines is 1. The number of aryl methyl sites for hydroxylation is 1. The lowest BCUT2D eigenvalue weighted by Gasteiger charge is -2.07. The Hall–Kier alpha value is -1.34. The van der Waals surface area contributed by atoms with Crippen LogP contribution in [0.5, 0.6) is 11.5 Å². The van der Waals surface area contributed by atoms with Crippen LogP contribution in [0.25, 0.3) is 11.4 Å². The summed E-state index contributed by atoms with van der Waals surface area (Å²) >= 11 is 6.79. The average molecular weight is 387 g/mol. The van der Waals surface area contributed by atoms with E-state index in [0.29, 0.717) is 23.1 Å². The fraction of sp³-hybridized carbons (Fsp3) is 0.167. The molecule has 3 rings (SSSR count). The number of nitrogen functional groups attached to an aromatic ring is 1. The standard InChI is InChI=1S/C12H9Br2N3O2/c1-5-9(14)11(15)17-12(16-5)6-2-7(13)10-8(3-6)18-4-19-10/h2-3H,4H2,1H3,(H2,15,16,17). The van der Waals surface area contributed by atoms with E-state index in [0.717, 1.165) is 20.2 Å². The molecule has 98 valence electrons. The van der Waals surface area contributed by atoms with Crippen molar-refractivity contribution in [3.8, 4) is 22.9 Å². The third kappa shape index (κ3) is 2.17. The summed E-state index contributed by atoms with van der Waals surface area (Å²) in [4.78, 5) is 8.69. The first kappa shape index (κ1) is 12.7. The Bertz CT molecular complexity index is 653. The molecule has 0 saturated heterocycles. The molecule has 2 heterocycles. The van der Waals surface area contributed by atoms with Crippen LogP contribution in [0.15, 0.2) is 21.1 Å². The fourth-order valence-electron chi connectivity index (χ4n) is 1.81. The minimum Gasteiger partial charge on any atom is -0.454 e. The van der Waals surface area contributed by atoms with Crippen LogP contribution in [-0.2, 0) is 0 Å². The van der Waals surface area contributed by atoms with Crippen molar-refractivity contribution in [2.24, 2.45) is 0 Å². The molecule has 1 aliphatic heterocycles. The summed E-state index contributed by atoms with van der Waals surface area (Å²) in [5.41, 5.74) is 7.45. The number of hydrogen-bond donors (Lipinski definition) is 1. The highest BCUT2D eigenvalue weighted by molar-refractivity contribution is 9.11. The second-order valence-electron chi connectivity index (χ2n) is 4.02. The van der Waals surface area contributed by atoms with Crippen molar-refractivity contribution in [3.05, 3.63) is 26.8 Å². The van der Waals surface area contributed by atoms with Gasteiger partial charge in [-0.1, -0.05) is 0 Å². The van der Waals surface area contributed by atoms with Gasteiger partial charge in [-0.05, 0) is 50.9 Å². The van der Waals surface area contributed by atoms with Gasteiger partial charge in [0.05, 0.1) is 14.6 Å². The number of nitrogens with two attached hydrogens (primary N) is 1. The van der Waals surface area contributed by atoms with Crippen molar-refractivity contribution in [2.75, 3.05) is 12.5 Å². The molecule has 1 aliphatic rings. The molecule has 0 atom stereocenters. The SMILES string of the molecule is Cc1nc(-c2cc(Br)c3c(c2)OCO3)nc(N)c1Br. The highest BCUT2D eigenvalue weighted by Crippen LogP contribution is 2.42. The van der Waals surface area contributed by atoms with E-state index in [9.17, 15) is 0 Å². The highest BCUT2D eigenvalue weighted by Gasteiger charge is 2.20. The topological polar surface area (TPSA) is 70.3 Å². The van der Waals surface area contributed by atoms with Gasteiger partial charge in [-0.25, -0.2) is 9.97 Å². The summed E-state index contributed by atoms with van der Waals surface area (Å²) in [5.74, 6) is 2.34. The number of nitrogens with zero attached hydrogens (tertiary/aromatic N) is 2. The van der Waals surface area contributed by atoms with Crippen molar-refractivity contribution in [2.45, 2.75) is 6.92 Å². The molecule has 19 heavy (non-hydrogen) atoms. The summed E-state index contributed by atoms with van der Waals surface area (Å²) in [6.45, 7) is 2.09. The predicted molar refractivity (Wildman–Crippen MR) is 78.1 cm³/mol. The quantitative estimate of drug-likeness (QED) is 0.814. The molecule has 7 heteroatoms. The number of hydrogen-bond acceptors (Lipinski definition) is 5. The van der Waals surface area contributed by atoms with Crippen molar-refractivity contribution in [1.82, 2.24) is 9.97 Å². The lowest BCUT2D eigenvalue weighted by molar-refractivity contribution is 0.173. The van der Waals surface area contributed by atoms with E-state index in [1.54, 1.807) is 0 Å². The Morgan fingerprint density at radius 1 is 1.21 bits per heavy atom. The maximum atomic E-state index is 5.84. The summed E-state index contributed by atoms with van der Waals surface area (Å²) in [6.07, 6.45) is 0. The second-order valence-corrected chi connectivity index (χ2v) is 5.67. The first-order chi connectivity index (χ1) is 9.06. The normalized spacial score (nSPS) is 12.8. The third-order valence-electron chi connectivity index (χ3n) is 2.73. The van der Waals surface area contributed by atoms with Crippen molar-refractivity contribution >= 4 is 37.7 Å². The molecule has 0 bridgehead atoms. The number of fused-ring (bicyclic) bond motifs is 1. The Balaban J connectivity index is 2.15. The molecule has 2 N–H and O–H groups in total. The summed E-state index contributed by atoms with van der Waals surface area (Å²) < 4.78 is 12.2. The monoisotopic (exact) mass is 385 g/mol. The number of rotatable bonds is 1. The lowest BCUT2D eigenvalue weighted by Crippen LogP contribution is -2.00. The zero-order chi connectivity index (χ0) is 13.6. The molecule has 0 fully saturated rings. The smallest absolute Gasteiger partial charge is 0.231 e. The fourth-order valence-corrected chi connectivity index (χ4v) is 2.54. The van der Waals surface area contributed by atoms with Gasteiger partial charge in [-0.2, -0.15) is 0 Å². The van der Waals surface area contributed by atoms with Gasteiger partial charge in [0.15, 0.2) is 17.3 Å². The highest BCUT2D eigenvalue weighted by atomic mass is 79.9. The number of ether oxygens (including phenoxy) is 2. The molecular formula is C12H9Br2N3O2. The molecule has 5 nitrogen and oxygen atoms in total. The van der Waals surface area contributed by atoms with Crippen LogP contribution >= 0.6 is 31.9 Å². The van der Waals surface area contributed by atoms with Crippen molar-refractivity contribution in [3.63, 3.8) is 0 Å². The first-order valence-electron chi connectivity index (χ1n) is 5.45. The van der Waals surface area contributed by atoms with Crippen LogP contribution in [0, 0.1) is 6.92 Å². The van der Waals surface area contributed by atoms with Gasteiger partial charge in [0.25, 0.3) is 0 Å². The van der Waals surface area contributed by atoms with E-state index >= 15 is 0 Å². The molecule has 0 amide bonds. The Morgan fingerprint density at radius 2 is 2.00 bits per heavy atom. The van der Waals surface area contributed by atoms with Gasteiger partial charge in [0.2, 0.25) is 6.79 Å². The summed E-state index contributed by atoms with van der Waals surface area (Å²) in [7, 11) is 0. The molecule has 0 spiro atoms. The maximum absolute atomic E-state index is 5.84. The van der Waals surface area contributed by atoms with Crippen LogP contribution in [0.3, 0.4) is 0 Å². The van der Waals surface area contributed by atoms with E-state index in [1.165, 1.54) is 0 Å². The van der Waals surface area contributed by atoms with Crippen LogP contribution in [0.2, 0.25) is 0 Å². The van der Waals surface area contributed by atoms with Crippen LogP contribution < -0.4 is 15.2 Å². The molecule has 1 aromatic carbocycles. The van der Waals surface area contributed by atoms with Gasteiger partial charge >= 0.3 is 0 Å². The second kappa shape index (κ2) is 4.64. The molecule has 0 radical (unpaired) electrons. The van der Waals surface area contributed by atoms with Crippen molar-refractivity contribution < 1.29 is 9.47 Å². The molecule has 0 unspecified atom stereocenters. The molecule has 1 aromatic heterocycles. The molecule has 0 aliphatic carbocycles. The van der Waals surface area contributed by atoms with Crippen molar-refractivity contribution in [1.29, 1.82) is 0 Å². The maximum Gasteiger partial charge on any atom is 0.231 e. The van der Waals surface area contributed by atoms with Gasteiger partial charge < -0.3 is 15.2 Å². The third-order valence-corrected chi connectivity index (χ3v) is 4.30. The van der Waals surface area contributed by atoms with E-state index in [2.05, 4.69) is 41.8 Å². The number of benzene rings is 1. The summed E-state index contributed by atoms with van der Waals surface area (Å²) in [5, 5.41) is 0. The van der Waals surface area contributed by atoms with Gasteiger partial charge in [-0.15, -0.1) is 0 Å². The molecule has 2 aromatic rings. The van der Waals surface area contributed by atoms with E-state index in [-0.39, 0.29) is 6.79 Å². The minimum atomic E-state index is 0.222. The van der Waals surface area contributed by atoms with Crippen LogP contribution in [-0.4, -0.2) is 16.8 Å². The van der Waals surface area contributed by atoms with Crippen LogP contribution in [0.4, 0.5) is 5.82 Å². The minimum absolute atomic E-state index is 0.222. The molecular weight excluding hydrogens is 378 g/mol. The lowest BCUT2D eigenvalue weighted by atomic mass is 10.2. The predicted octanol–water partition coefficient (Wildman–Crippen LogP) is 3.29. The van der Waals surface area contributed by atoms with Gasteiger partial charge in [0, 0.05) is 5.56 Å². The Labute approximate surface area is 126 Å². The zero-order valence-electron chi connectivity index (χ0n) is 9.91.